The predicted octanol–water partition coefficient (Wildman–Crippen LogP) is -0.576. The molecule has 2 heterocycles. The van der Waals surface area contributed by atoms with Gasteiger partial charge in [0.2, 0.25) is 11.8 Å². The molecule has 18 heavy (non-hydrogen) atoms. The van der Waals surface area contributed by atoms with Crippen LogP contribution in [0, 0.1) is 0 Å². The summed E-state index contributed by atoms with van der Waals surface area (Å²) in [7, 11) is 3.01. The van der Waals surface area contributed by atoms with Gasteiger partial charge in [0, 0.05) is 7.11 Å². The van der Waals surface area contributed by atoms with Gasteiger partial charge in [-0.2, -0.15) is 9.97 Å². The molecule has 0 aromatic carbocycles. The lowest BCUT2D eigenvalue weighted by Gasteiger charge is -2.10. The Hall–Kier alpha value is -1.93. The van der Waals surface area contributed by atoms with E-state index in [0.29, 0.717) is 23.6 Å². The molecule has 2 aromatic rings. The van der Waals surface area contributed by atoms with Gasteiger partial charge in [0.1, 0.15) is 0 Å². The summed E-state index contributed by atoms with van der Waals surface area (Å²) >= 11 is 0. The Labute approximate surface area is 103 Å². The Balaban J connectivity index is 2.38. The van der Waals surface area contributed by atoms with Crippen LogP contribution >= 0.6 is 0 Å². The van der Waals surface area contributed by atoms with Gasteiger partial charge >= 0.3 is 0 Å². The number of nitrogen functional groups attached to an aromatic ring is 1. The molecule has 0 aliphatic carbocycles. The van der Waals surface area contributed by atoms with E-state index in [4.69, 9.17) is 15.2 Å². The molecule has 0 aliphatic heterocycles. The Morgan fingerprint density at radius 3 is 2.89 bits per heavy atom. The first-order chi connectivity index (χ1) is 8.65. The zero-order chi connectivity index (χ0) is 13.1. The van der Waals surface area contributed by atoms with Gasteiger partial charge < -0.3 is 24.9 Å². The number of nitrogens with two attached hydrogens (primary N) is 1. The maximum atomic E-state index is 9.70. The smallest absolute Gasteiger partial charge is 0.246 e. The number of aliphatic hydroxyl groups excluding tert-OH is 1. The summed E-state index contributed by atoms with van der Waals surface area (Å²) in [6.07, 6.45) is 0.912. The van der Waals surface area contributed by atoms with E-state index >= 15 is 0 Å². The number of hydrogen-bond acceptors (Lipinski definition) is 7. The van der Waals surface area contributed by atoms with Gasteiger partial charge in [-0.3, -0.25) is 0 Å². The van der Waals surface area contributed by atoms with Crippen molar-refractivity contribution in [2.75, 3.05) is 26.6 Å². The minimum absolute atomic E-state index is 0.0994. The normalized spacial score (nSPS) is 12.8. The second-order valence-electron chi connectivity index (χ2n) is 3.77. The molecule has 98 valence electrons. The number of nitrogens with zero attached hydrogens (tertiary/aromatic N) is 4. The quantitative estimate of drug-likeness (QED) is 0.734. The van der Waals surface area contributed by atoms with Gasteiger partial charge in [0.25, 0.3) is 0 Å². The Morgan fingerprint density at radius 1 is 1.44 bits per heavy atom. The van der Waals surface area contributed by atoms with Gasteiger partial charge in [-0.25, -0.2) is 4.98 Å². The van der Waals surface area contributed by atoms with Gasteiger partial charge in [0.15, 0.2) is 11.2 Å². The number of hydrogen-bond donors (Lipinski definition) is 2. The third-order valence-corrected chi connectivity index (χ3v) is 2.41. The number of rotatable bonds is 5. The second kappa shape index (κ2) is 5.15. The molecule has 2 aromatic heterocycles. The van der Waals surface area contributed by atoms with E-state index in [2.05, 4.69) is 15.0 Å². The first-order valence-corrected chi connectivity index (χ1v) is 5.35. The van der Waals surface area contributed by atoms with Crippen molar-refractivity contribution in [3.8, 4) is 5.88 Å². The second-order valence-corrected chi connectivity index (χ2v) is 3.77. The predicted molar refractivity (Wildman–Crippen MR) is 64.2 cm³/mol. The maximum absolute atomic E-state index is 9.70. The Morgan fingerprint density at radius 2 is 2.22 bits per heavy atom. The highest BCUT2D eigenvalue weighted by molar-refractivity contribution is 5.77. The lowest BCUT2D eigenvalue weighted by Crippen LogP contribution is -2.21. The molecule has 0 aliphatic rings. The number of ether oxygens (including phenoxy) is 2. The first-order valence-electron chi connectivity index (χ1n) is 5.35. The van der Waals surface area contributed by atoms with E-state index in [-0.39, 0.29) is 12.6 Å². The highest BCUT2D eigenvalue weighted by atomic mass is 16.5. The number of aliphatic hydroxyl groups is 1. The van der Waals surface area contributed by atoms with Crippen molar-refractivity contribution in [1.29, 1.82) is 0 Å². The number of methoxy groups -OCH3 is 2. The zero-order valence-electron chi connectivity index (χ0n) is 10.2. The SMILES string of the molecule is COC[C@@H](O)Cn1cnc2c(OC)nc(N)nc21. The van der Waals surface area contributed by atoms with Crippen LogP contribution < -0.4 is 10.5 Å². The molecule has 2 rings (SSSR count). The largest absolute Gasteiger partial charge is 0.479 e. The minimum atomic E-state index is -0.644. The lowest BCUT2D eigenvalue weighted by molar-refractivity contribution is 0.0543. The molecule has 0 bridgehead atoms. The van der Waals surface area contributed by atoms with Crippen molar-refractivity contribution >= 4 is 17.1 Å². The van der Waals surface area contributed by atoms with Crippen LogP contribution in [0.25, 0.3) is 11.2 Å². The van der Waals surface area contributed by atoms with Gasteiger partial charge in [0.05, 0.1) is 32.7 Å². The first kappa shape index (κ1) is 12.5. The van der Waals surface area contributed by atoms with Gasteiger partial charge in [-0.1, -0.05) is 0 Å². The monoisotopic (exact) mass is 253 g/mol. The average Bonchev–Trinajstić information content (AvgIpc) is 2.72. The molecule has 8 nitrogen and oxygen atoms in total. The summed E-state index contributed by atoms with van der Waals surface area (Å²) in [5, 5.41) is 9.70. The van der Waals surface area contributed by atoms with E-state index < -0.39 is 6.10 Å². The van der Waals surface area contributed by atoms with E-state index in [0.717, 1.165) is 0 Å². The van der Waals surface area contributed by atoms with Crippen LogP contribution in [0.5, 0.6) is 5.88 Å². The highest BCUT2D eigenvalue weighted by Gasteiger charge is 2.14. The topological polar surface area (TPSA) is 108 Å². The molecule has 0 amide bonds. The maximum Gasteiger partial charge on any atom is 0.246 e. The summed E-state index contributed by atoms with van der Waals surface area (Å²) < 4.78 is 11.6. The van der Waals surface area contributed by atoms with Crippen LogP contribution in [0.1, 0.15) is 0 Å². The summed E-state index contributed by atoms with van der Waals surface area (Å²) in [6, 6.07) is 0. The van der Waals surface area contributed by atoms with Crippen molar-refractivity contribution in [3.05, 3.63) is 6.33 Å². The van der Waals surface area contributed by atoms with Gasteiger partial charge in [-0.15, -0.1) is 0 Å². The fourth-order valence-electron chi connectivity index (χ4n) is 1.68. The number of imidazole rings is 1. The molecular weight excluding hydrogens is 238 g/mol. The number of aromatic nitrogens is 4. The Bertz CT molecular complexity index is 542. The third kappa shape index (κ3) is 2.34. The molecule has 1 atom stereocenters. The molecule has 0 saturated heterocycles. The van der Waals surface area contributed by atoms with Gasteiger partial charge in [-0.05, 0) is 0 Å². The molecular formula is C10H15N5O3. The molecule has 0 saturated carbocycles. The highest BCUT2D eigenvalue weighted by Crippen LogP contribution is 2.21. The van der Waals surface area contributed by atoms with Crippen LogP contribution in [-0.2, 0) is 11.3 Å². The van der Waals surface area contributed by atoms with E-state index in [1.165, 1.54) is 14.2 Å². The minimum Gasteiger partial charge on any atom is -0.479 e. The summed E-state index contributed by atoms with van der Waals surface area (Å²) in [6.45, 7) is 0.543. The van der Waals surface area contributed by atoms with Crippen molar-refractivity contribution in [1.82, 2.24) is 19.5 Å². The fraction of sp³-hybridized carbons (Fsp3) is 0.500. The van der Waals surface area contributed by atoms with Crippen LogP contribution in [0.3, 0.4) is 0 Å². The van der Waals surface area contributed by atoms with Crippen LogP contribution in [-0.4, -0.2) is 51.6 Å². The van der Waals surface area contributed by atoms with Crippen molar-refractivity contribution in [2.45, 2.75) is 12.6 Å². The van der Waals surface area contributed by atoms with E-state index in [1.54, 1.807) is 10.9 Å². The van der Waals surface area contributed by atoms with Crippen LogP contribution in [0.2, 0.25) is 0 Å². The molecule has 8 heteroatoms. The summed E-state index contributed by atoms with van der Waals surface area (Å²) in [5.74, 6) is 0.416. The van der Waals surface area contributed by atoms with E-state index in [1.807, 2.05) is 0 Å². The van der Waals surface area contributed by atoms with Crippen molar-refractivity contribution in [2.24, 2.45) is 0 Å². The third-order valence-electron chi connectivity index (χ3n) is 2.41. The van der Waals surface area contributed by atoms with Crippen molar-refractivity contribution < 1.29 is 14.6 Å². The number of anilines is 1. The lowest BCUT2D eigenvalue weighted by atomic mass is 10.4. The van der Waals surface area contributed by atoms with Crippen LogP contribution in [0.4, 0.5) is 5.95 Å². The Kier molecular flexibility index (Phi) is 3.58. The fourth-order valence-corrected chi connectivity index (χ4v) is 1.68. The standard InChI is InChI=1S/C10H15N5O3/c1-17-4-6(16)3-15-5-12-7-8(15)13-10(11)14-9(7)18-2/h5-6,16H,3-4H2,1-2H3,(H2,11,13,14)/t6-/m0/s1. The summed E-state index contributed by atoms with van der Waals surface area (Å²) in [4.78, 5) is 12.2. The van der Waals surface area contributed by atoms with Crippen molar-refractivity contribution in [3.63, 3.8) is 0 Å². The zero-order valence-corrected chi connectivity index (χ0v) is 10.2. The van der Waals surface area contributed by atoms with E-state index in [9.17, 15) is 5.11 Å². The molecule has 0 fully saturated rings. The molecule has 3 N–H and O–H groups in total. The molecule has 0 unspecified atom stereocenters. The number of fused-ring (bicyclic) bond motifs is 1. The average molecular weight is 253 g/mol. The molecule has 0 spiro atoms. The summed E-state index contributed by atoms with van der Waals surface area (Å²) in [5.41, 5.74) is 6.62. The molecule has 0 radical (unpaired) electrons. The van der Waals surface area contributed by atoms with Crippen LogP contribution in [0.15, 0.2) is 6.33 Å².